The van der Waals surface area contributed by atoms with Crippen LogP contribution in [-0.2, 0) is 13.0 Å². The standard InChI is InChI=1S/C16H19N3OS/c1-11(16-18-6-7-21-16)9-19-15(20)13-3-2-12-4-5-17-10-14(12)8-13/h2-3,6-8,11,17H,4-5,9-10H2,1H3,(H,19,20). The van der Waals surface area contributed by atoms with Gasteiger partial charge in [-0.1, -0.05) is 13.0 Å². The number of fused-ring (bicyclic) bond motifs is 1. The van der Waals surface area contributed by atoms with Crippen LogP contribution in [0.25, 0.3) is 0 Å². The first-order valence-electron chi connectivity index (χ1n) is 7.24. The molecule has 1 aromatic carbocycles. The number of benzene rings is 1. The molecule has 3 rings (SSSR count). The average molecular weight is 301 g/mol. The Balaban J connectivity index is 1.63. The van der Waals surface area contributed by atoms with Crippen LogP contribution in [0.1, 0.15) is 39.3 Å². The van der Waals surface area contributed by atoms with E-state index in [2.05, 4.69) is 28.6 Å². The van der Waals surface area contributed by atoms with Crippen LogP contribution in [0.4, 0.5) is 0 Å². The minimum atomic E-state index is -0.00761. The normalized spacial score (nSPS) is 15.3. The molecule has 110 valence electrons. The zero-order chi connectivity index (χ0) is 14.7. The van der Waals surface area contributed by atoms with Gasteiger partial charge >= 0.3 is 0 Å². The molecule has 0 saturated carbocycles. The monoisotopic (exact) mass is 301 g/mol. The summed E-state index contributed by atoms with van der Waals surface area (Å²) in [7, 11) is 0. The molecule has 1 atom stereocenters. The van der Waals surface area contributed by atoms with Gasteiger partial charge in [0.25, 0.3) is 5.91 Å². The highest BCUT2D eigenvalue weighted by atomic mass is 32.1. The molecule has 2 N–H and O–H groups in total. The number of nitrogens with one attached hydrogen (secondary N) is 2. The summed E-state index contributed by atoms with van der Waals surface area (Å²) in [5, 5.41) is 9.36. The molecule has 0 saturated heterocycles. The lowest BCUT2D eigenvalue weighted by Gasteiger charge is -2.18. The van der Waals surface area contributed by atoms with Gasteiger partial charge in [0.2, 0.25) is 0 Å². The van der Waals surface area contributed by atoms with Crippen molar-refractivity contribution in [3.05, 3.63) is 51.5 Å². The maximum Gasteiger partial charge on any atom is 0.251 e. The van der Waals surface area contributed by atoms with E-state index in [0.29, 0.717) is 6.54 Å². The zero-order valence-electron chi connectivity index (χ0n) is 12.1. The van der Waals surface area contributed by atoms with Crippen LogP contribution in [0.15, 0.2) is 29.8 Å². The lowest BCUT2D eigenvalue weighted by molar-refractivity contribution is 0.0951. The second-order valence-electron chi connectivity index (χ2n) is 5.39. The Bertz CT molecular complexity index is 624. The van der Waals surface area contributed by atoms with E-state index in [9.17, 15) is 4.79 Å². The maximum atomic E-state index is 12.3. The highest BCUT2D eigenvalue weighted by Crippen LogP contribution is 2.18. The molecular formula is C16H19N3OS. The molecule has 4 nitrogen and oxygen atoms in total. The van der Waals surface area contributed by atoms with Crippen molar-refractivity contribution in [2.24, 2.45) is 0 Å². The Morgan fingerprint density at radius 2 is 2.38 bits per heavy atom. The third kappa shape index (κ3) is 3.31. The molecule has 0 aliphatic carbocycles. The van der Waals surface area contributed by atoms with Crippen LogP contribution < -0.4 is 10.6 Å². The second-order valence-corrected chi connectivity index (χ2v) is 6.32. The van der Waals surface area contributed by atoms with Crippen LogP contribution in [0.2, 0.25) is 0 Å². The number of carbonyl (C=O) groups excluding carboxylic acids is 1. The predicted molar refractivity (Wildman–Crippen MR) is 84.7 cm³/mol. The number of thiazole rings is 1. The number of hydrogen-bond acceptors (Lipinski definition) is 4. The molecule has 21 heavy (non-hydrogen) atoms. The largest absolute Gasteiger partial charge is 0.351 e. The fraction of sp³-hybridized carbons (Fsp3) is 0.375. The Kier molecular flexibility index (Phi) is 4.31. The summed E-state index contributed by atoms with van der Waals surface area (Å²) >= 11 is 1.63. The molecule has 1 amide bonds. The van der Waals surface area contributed by atoms with Crippen molar-refractivity contribution in [3.8, 4) is 0 Å². The summed E-state index contributed by atoms with van der Waals surface area (Å²) in [4.78, 5) is 16.5. The lowest BCUT2D eigenvalue weighted by Crippen LogP contribution is -2.28. The smallest absolute Gasteiger partial charge is 0.251 e. The molecule has 1 aliphatic heterocycles. The number of rotatable bonds is 4. The Morgan fingerprint density at radius 1 is 1.48 bits per heavy atom. The van der Waals surface area contributed by atoms with E-state index in [1.165, 1.54) is 11.1 Å². The number of amides is 1. The lowest BCUT2D eigenvalue weighted by atomic mass is 9.98. The van der Waals surface area contributed by atoms with Gasteiger partial charge in [0, 0.05) is 36.1 Å². The summed E-state index contributed by atoms with van der Waals surface area (Å²) in [6.45, 7) is 4.56. The SMILES string of the molecule is CC(CNC(=O)c1ccc2c(c1)CNCC2)c1nccs1. The molecule has 2 aromatic rings. The highest BCUT2D eigenvalue weighted by molar-refractivity contribution is 7.09. The van der Waals surface area contributed by atoms with E-state index in [-0.39, 0.29) is 11.8 Å². The summed E-state index contributed by atoms with van der Waals surface area (Å²) in [5.41, 5.74) is 3.33. The molecule has 0 spiro atoms. The van der Waals surface area contributed by atoms with E-state index in [1.54, 1.807) is 17.5 Å². The zero-order valence-corrected chi connectivity index (χ0v) is 12.9. The van der Waals surface area contributed by atoms with Gasteiger partial charge in [0.05, 0.1) is 5.01 Å². The summed E-state index contributed by atoms with van der Waals surface area (Å²) in [6.07, 6.45) is 2.84. The fourth-order valence-electron chi connectivity index (χ4n) is 2.53. The van der Waals surface area contributed by atoms with Gasteiger partial charge in [-0.15, -0.1) is 11.3 Å². The second kappa shape index (κ2) is 6.37. The fourth-order valence-corrected chi connectivity index (χ4v) is 3.23. The van der Waals surface area contributed by atoms with E-state index in [1.807, 2.05) is 17.5 Å². The molecule has 5 heteroatoms. The van der Waals surface area contributed by atoms with Gasteiger partial charge in [0.1, 0.15) is 0 Å². The number of carbonyl (C=O) groups is 1. The quantitative estimate of drug-likeness (QED) is 0.911. The number of hydrogen-bond donors (Lipinski definition) is 2. The maximum absolute atomic E-state index is 12.3. The first-order valence-corrected chi connectivity index (χ1v) is 8.12. The average Bonchev–Trinajstić information content (AvgIpc) is 3.06. The molecule has 1 unspecified atom stereocenters. The summed E-state index contributed by atoms with van der Waals surface area (Å²) < 4.78 is 0. The van der Waals surface area contributed by atoms with Crippen molar-refractivity contribution in [1.82, 2.24) is 15.6 Å². The summed E-state index contributed by atoms with van der Waals surface area (Å²) in [6, 6.07) is 6.01. The van der Waals surface area contributed by atoms with Crippen LogP contribution in [-0.4, -0.2) is 24.0 Å². The molecule has 1 aliphatic rings. The predicted octanol–water partition coefficient (Wildman–Crippen LogP) is 2.32. The van der Waals surface area contributed by atoms with Crippen molar-refractivity contribution >= 4 is 17.2 Å². The topological polar surface area (TPSA) is 54.0 Å². The van der Waals surface area contributed by atoms with E-state index < -0.39 is 0 Å². The van der Waals surface area contributed by atoms with Gasteiger partial charge in [0.15, 0.2) is 0 Å². The van der Waals surface area contributed by atoms with Crippen LogP contribution >= 0.6 is 11.3 Å². The summed E-state index contributed by atoms with van der Waals surface area (Å²) in [5.74, 6) is 0.236. The molecule has 0 radical (unpaired) electrons. The minimum absolute atomic E-state index is 0.00761. The minimum Gasteiger partial charge on any atom is -0.351 e. The van der Waals surface area contributed by atoms with Crippen molar-refractivity contribution in [3.63, 3.8) is 0 Å². The molecular weight excluding hydrogens is 282 g/mol. The Labute approximate surface area is 128 Å². The number of aromatic nitrogens is 1. The van der Waals surface area contributed by atoms with Crippen molar-refractivity contribution in [2.75, 3.05) is 13.1 Å². The van der Waals surface area contributed by atoms with E-state index >= 15 is 0 Å². The number of nitrogens with zero attached hydrogens (tertiary/aromatic N) is 1. The van der Waals surface area contributed by atoms with Crippen molar-refractivity contribution < 1.29 is 4.79 Å². The first-order chi connectivity index (χ1) is 10.2. The third-order valence-corrected chi connectivity index (χ3v) is 4.80. The van der Waals surface area contributed by atoms with Gasteiger partial charge in [-0.25, -0.2) is 4.98 Å². The third-order valence-electron chi connectivity index (χ3n) is 3.80. The Hall–Kier alpha value is -1.72. The molecule has 1 aromatic heterocycles. The molecule has 0 bridgehead atoms. The Morgan fingerprint density at radius 3 is 3.19 bits per heavy atom. The van der Waals surface area contributed by atoms with Gasteiger partial charge in [-0.3, -0.25) is 4.79 Å². The van der Waals surface area contributed by atoms with E-state index in [0.717, 1.165) is 30.1 Å². The van der Waals surface area contributed by atoms with E-state index in [4.69, 9.17) is 0 Å². The van der Waals surface area contributed by atoms with Gasteiger partial charge in [-0.05, 0) is 36.2 Å². The first kappa shape index (κ1) is 14.2. The van der Waals surface area contributed by atoms with Gasteiger partial charge in [-0.2, -0.15) is 0 Å². The van der Waals surface area contributed by atoms with Crippen LogP contribution in [0, 0.1) is 0 Å². The highest BCUT2D eigenvalue weighted by Gasteiger charge is 2.14. The molecule has 2 heterocycles. The van der Waals surface area contributed by atoms with Crippen LogP contribution in [0.3, 0.4) is 0 Å². The molecule has 0 fully saturated rings. The van der Waals surface area contributed by atoms with Crippen LogP contribution in [0.5, 0.6) is 0 Å². The van der Waals surface area contributed by atoms with Crippen molar-refractivity contribution in [1.29, 1.82) is 0 Å². The van der Waals surface area contributed by atoms with Gasteiger partial charge < -0.3 is 10.6 Å². The van der Waals surface area contributed by atoms with Crippen molar-refractivity contribution in [2.45, 2.75) is 25.8 Å².